The average molecular weight is 525 g/mol. The Balaban J connectivity index is 1.42. The summed E-state index contributed by atoms with van der Waals surface area (Å²) in [6, 6.07) is 10.2. The van der Waals surface area contributed by atoms with Crippen LogP contribution in [0.4, 0.5) is 0 Å². The van der Waals surface area contributed by atoms with Gasteiger partial charge in [0.25, 0.3) is 0 Å². The van der Waals surface area contributed by atoms with E-state index in [4.69, 9.17) is 9.47 Å². The molecule has 1 heterocycles. The normalized spacial score (nSPS) is 22.2. The van der Waals surface area contributed by atoms with Gasteiger partial charge in [0.05, 0.1) is 12.7 Å². The van der Waals surface area contributed by atoms with Crippen LogP contribution in [0.1, 0.15) is 66.0 Å². The van der Waals surface area contributed by atoms with Crippen LogP contribution in [0, 0.1) is 17.2 Å². The number of aliphatic carboxylic acids is 1. The van der Waals surface area contributed by atoms with Gasteiger partial charge in [-0.15, -0.1) is 0 Å². The molecule has 1 N–H and O–H groups in total. The maximum Gasteiger partial charge on any atom is 0.324 e. The van der Waals surface area contributed by atoms with Crippen LogP contribution >= 0.6 is 0 Å². The second-order valence-corrected chi connectivity index (χ2v) is 10.8. The number of piperidine rings is 1. The monoisotopic (exact) mass is 524 g/mol. The number of methoxy groups -OCH3 is 1. The standard InChI is InChI=1S/C33H36N2O4/c1-4-5-6-10-22(2)25-13-7-11-23(28(25)19-34)21-39-31-17-30(38-3)29(26-14-8-15-27(26)31)20-35-16-9-12-24-18-33(24,35)32(36)37/h4-7,10-11,13,17,24H,1,8-9,12,14-16,18,20-21H2,2-3H3,(H,36,37)/b6-5-,22-10+/t24-,33+/m1/s1. The van der Waals surface area contributed by atoms with Crippen LogP contribution in [-0.4, -0.2) is 35.2 Å². The lowest BCUT2D eigenvalue weighted by Gasteiger charge is -2.34. The number of carboxylic acid groups (broad SMARTS) is 1. The lowest BCUT2D eigenvalue weighted by molar-refractivity contribution is -0.147. The highest BCUT2D eigenvalue weighted by Crippen LogP contribution is 2.55. The minimum absolute atomic E-state index is 0.256. The summed E-state index contributed by atoms with van der Waals surface area (Å²) >= 11 is 0. The van der Waals surface area contributed by atoms with Crippen LogP contribution in [0.3, 0.4) is 0 Å². The number of nitrogens with zero attached hydrogens (tertiary/aromatic N) is 2. The SMILES string of the molecule is C=C/C=C\C=C(/C)c1cccc(COc2cc(OC)c(CN3CCC[C@@H]4C[C@@]43C(=O)O)c3c2CCC3)c1C#N. The van der Waals surface area contributed by atoms with Crippen molar-refractivity contribution in [2.24, 2.45) is 5.92 Å². The van der Waals surface area contributed by atoms with E-state index in [2.05, 4.69) is 17.5 Å². The molecule has 0 amide bonds. The molecule has 202 valence electrons. The predicted molar refractivity (Wildman–Crippen MR) is 152 cm³/mol. The minimum atomic E-state index is -0.712. The molecule has 2 aliphatic carbocycles. The maximum absolute atomic E-state index is 12.2. The van der Waals surface area contributed by atoms with Crippen LogP contribution in [0.2, 0.25) is 0 Å². The van der Waals surface area contributed by atoms with Gasteiger partial charge in [0.1, 0.15) is 29.7 Å². The van der Waals surface area contributed by atoms with Gasteiger partial charge >= 0.3 is 5.97 Å². The van der Waals surface area contributed by atoms with Gasteiger partial charge in [-0.3, -0.25) is 9.69 Å². The number of likely N-dealkylation sites (tertiary alicyclic amines) is 1. The van der Waals surface area contributed by atoms with Crippen molar-refractivity contribution in [2.75, 3.05) is 13.7 Å². The third-order valence-corrected chi connectivity index (χ3v) is 8.66. The van der Waals surface area contributed by atoms with E-state index >= 15 is 0 Å². The van der Waals surface area contributed by atoms with Gasteiger partial charge in [-0.2, -0.15) is 5.26 Å². The first-order valence-electron chi connectivity index (χ1n) is 13.8. The van der Waals surface area contributed by atoms with Gasteiger partial charge in [-0.25, -0.2) is 0 Å². The first-order chi connectivity index (χ1) is 18.9. The summed E-state index contributed by atoms with van der Waals surface area (Å²) in [6.07, 6.45) is 13.1. The molecular formula is C33H36N2O4. The topological polar surface area (TPSA) is 82.8 Å². The minimum Gasteiger partial charge on any atom is -0.496 e. The van der Waals surface area contributed by atoms with E-state index in [1.807, 2.05) is 49.4 Å². The third kappa shape index (κ3) is 4.88. The molecule has 0 unspecified atom stereocenters. The lowest BCUT2D eigenvalue weighted by Crippen LogP contribution is -2.47. The molecule has 0 radical (unpaired) electrons. The summed E-state index contributed by atoms with van der Waals surface area (Å²) in [5.74, 6) is 1.09. The molecule has 1 aliphatic heterocycles. The zero-order chi connectivity index (χ0) is 27.6. The summed E-state index contributed by atoms with van der Waals surface area (Å²) < 4.78 is 12.3. The number of hydrogen-bond acceptors (Lipinski definition) is 5. The molecule has 5 rings (SSSR count). The third-order valence-electron chi connectivity index (χ3n) is 8.66. The maximum atomic E-state index is 12.2. The molecule has 0 spiro atoms. The van der Waals surface area contributed by atoms with Crippen LogP contribution in [0.5, 0.6) is 11.5 Å². The Labute approximate surface area is 230 Å². The predicted octanol–water partition coefficient (Wildman–Crippen LogP) is 6.22. The van der Waals surface area contributed by atoms with Crippen molar-refractivity contribution in [2.45, 2.75) is 64.1 Å². The number of carbonyl (C=O) groups is 1. The van der Waals surface area contributed by atoms with Gasteiger partial charge in [-0.05, 0) is 80.2 Å². The fourth-order valence-corrected chi connectivity index (χ4v) is 6.56. The molecule has 2 aromatic carbocycles. The summed E-state index contributed by atoms with van der Waals surface area (Å²) in [6.45, 7) is 7.34. The number of rotatable bonds is 10. The number of ether oxygens (including phenoxy) is 2. The van der Waals surface area contributed by atoms with Gasteiger partial charge in [-0.1, -0.05) is 49.1 Å². The van der Waals surface area contributed by atoms with E-state index in [9.17, 15) is 15.2 Å². The van der Waals surface area contributed by atoms with Gasteiger partial charge < -0.3 is 14.6 Å². The van der Waals surface area contributed by atoms with Crippen molar-refractivity contribution in [3.05, 3.63) is 88.5 Å². The van der Waals surface area contributed by atoms with Crippen LogP contribution in [0.15, 0.2) is 55.1 Å². The zero-order valence-electron chi connectivity index (χ0n) is 22.8. The summed E-state index contributed by atoms with van der Waals surface area (Å²) in [5.41, 5.74) is 6.12. The largest absolute Gasteiger partial charge is 0.496 e. The summed E-state index contributed by atoms with van der Waals surface area (Å²) in [4.78, 5) is 14.4. The number of carboxylic acids is 1. The quantitative estimate of drug-likeness (QED) is 0.372. The first-order valence-corrected chi connectivity index (χ1v) is 13.8. The van der Waals surface area contributed by atoms with E-state index in [1.165, 1.54) is 11.1 Å². The number of fused-ring (bicyclic) bond motifs is 2. The van der Waals surface area contributed by atoms with Crippen molar-refractivity contribution >= 4 is 11.5 Å². The Kier molecular flexibility index (Phi) is 7.63. The van der Waals surface area contributed by atoms with E-state index in [0.29, 0.717) is 12.1 Å². The molecule has 2 aromatic rings. The molecule has 0 aromatic heterocycles. The molecular weight excluding hydrogens is 488 g/mol. The highest BCUT2D eigenvalue weighted by Gasteiger charge is 2.65. The number of hydrogen-bond donors (Lipinski definition) is 1. The van der Waals surface area contributed by atoms with E-state index in [1.54, 1.807) is 13.2 Å². The zero-order valence-corrected chi connectivity index (χ0v) is 22.8. The Morgan fingerprint density at radius 2 is 2.08 bits per heavy atom. The first kappa shape index (κ1) is 26.8. The van der Waals surface area contributed by atoms with Crippen molar-refractivity contribution in [1.29, 1.82) is 5.26 Å². The average Bonchev–Trinajstić information content (AvgIpc) is 3.52. The van der Waals surface area contributed by atoms with E-state index in [0.717, 1.165) is 78.8 Å². The Morgan fingerprint density at radius 1 is 1.26 bits per heavy atom. The van der Waals surface area contributed by atoms with Crippen LogP contribution in [0.25, 0.3) is 5.57 Å². The molecule has 3 aliphatic rings. The summed E-state index contributed by atoms with van der Waals surface area (Å²) in [5, 5.41) is 20.1. The molecule has 6 heteroatoms. The number of nitriles is 1. The number of allylic oxidation sites excluding steroid dienone is 5. The highest BCUT2D eigenvalue weighted by molar-refractivity contribution is 5.83. The number of benzene rings is 2. The highest BCUT2D eigenvalue weighted by atomic mass is 16.5. The Hall–Kier alpha value is -3.82. The second-order valence-electron chi connectivity index (χ2n) is 10.8. The molecule has 39 heavy (non-hydrogen) atoms. The second kappa shape index (κ2) is 11.1. The van der Waals surface area contributed by atoms with Crippen molar-refractivity contribution in [3.8, 4) is 17.6 Å². The summed E-state index contributed by atoms with van der Waals surface area (Å²) in [7, 11) is 1.67. The van der Waals surface area contributed by atoms with Crippen LogP contribution in [-0.2, 0) is 30.8 Å². The van der Waals surface area contributed by atoms with E-state index in [-0.39, 0.29) is 12.5 Å². The fourth-order valence-electron chi connectivity index (χ4n) is 6.56. The molecule has 6 nitrogen and oxygen atoms in total. The molecule has 1 saturated heterocycles. The van der Waals surface area contributed by atoms with Gasteiger partial charge in [0, 0.05) is 23.7 Å². The van der Waals surface area contributed by atoms with Crippen LogP contribution < -0.4 is 9.47 Å². The smallest absolute Gasteiger partial charge is 0.324 e. The van der Waals surface area contributed by atoms with Crippen molar-refractivity contribution in [1.82, 2.24) is 4.90 Å². The van der Waals surface area contributed by atoms with Crippen molar-refractivity contribution in [3.63, 3.8) is 0 Å². The Bertz CT molecular complexity index is 1400. The lowest BCUT2D eigenvalue weighted by atomic mass is 9.96. The molecule has 0 bridgehead atoms. The molecule has 2 atom stereocenters. The molecule has 1 saturated carbocycles. The van der Waals surface area contributed by atoms with Gasteiger partial charge in [0.2, 0.25) is 0 Å². The van der Waals surface area contributed by atoms with E-state index < -0.39 is 11.5 Å². The van der Waals surface area contributed by atoms with Crippen molar-refractivity contribution < 1.29 is 19.4 Å². The molecule has 2 fully saturated rings. The fraction of sp³-hybridized carbons (Fsp3) is 0.394. The van der Waals surface area contributed by atoms with Gasteiger partial charge in [0.15, 0.2) is 0 Å². The Morgan fingerprint density at radius 3 is 2.82 bits per heavy atom.